The van der Waals surface area contributed by atoms with E-state index in [0.717, 1.165) is 30.5 Å². The van der Waals surface area contributed by atoms with Crippen molar-refractivity contribution < 1.29 is 9.47 Å². The minimum Gasteiger partial charge on any atom is -0.486 e. The quantitative estimate of drug-likeness (QED) is 0.890. The van der Waals surface area contributed by atoms with Gasteiger partial charge in [-0.05, 0) is 49.7 Å². The number of likely N-dealkylation sites (tertiary alicyclic amines) is 1. The molecule has 1 atom stereocenters. The average molecular weight is 276 g/mol. The van der Waals surface area contributed by atoms with Crippen molar-refractivity contribution in [2.75, 3.05) is 39.4 Å². The fourth-order valence-electron chi connectivity index (χ4n) is 2.99. The Balaban J connectivity index is 1.47. The summed E-state index contributed by atoms with van der Waals surface area (Å²) in [5, 5.41) is 3.57. The van der Waals surface area contributed by atoms with E-state index in [1.54, 1.807) is 0 Å². The van der Waals surface area contributed by atoms with Gasteiger partial charge in [-0.25, -0.2) is 0 Å². The van der Waals surface area contributed by atoms with E-state index in [4.69, 9.17) is 9.47 Å². The molecule has 2 aliphatic rings. The highest BCUT2D eigenvalue weighted by molar-refractivity contribution is 5.43. The Morgan fingerprint density at radius 3 is 2.90 bits per heavy atom. The minimum atomic E-state index is 0.652. The first-order valence-electron chi connectivity index (χ1n) is 7.66. The number of ether oxygens (including phenoxy) is 2. The third-order valence-electron chi connectivity index (χ3n) is 4.19. The number of fused-ring (bicyclic) bond motifs is 1. The van der Waals surface area contributed by atoms with E-state index in [1.165, 1.54) is 31.6 Å². The Hall–Kier alpha value is -1.26. The maximum Gasteiger partial charge on any atom is 0.161 e. The highest BCUT2D eigenvalue weighted by atomic mass is 16.6. The summed E-state index contributed by atoms with van der Waals surface area (Å²) < 4.78 is 11.2. The van der Waals surface area contributed by atoms with Crippen LogP contribution in [0, 0.1) is 5.92 Å². The third-order valence-corrected chi connectivity index (χ3v) is 4.19. The molecule has 3 rings (SSSR count). The molecule has 1 saturated heterocycles. The molecule has 1 aromatic rings. The molecular formula is C16H24N2O2. The van der Waals surface area contributed by atoms with Gasteiger partial charge < -0.3 is 19.7 Å². The molecule has 0 saturated carbocycles. The number of rotatable bonds is 5. The van der Waals surface area contributed by atoms with E-state index in [9.17, 15) is 0 Å². The van der Waals surface area contributed by atoms with Gasteiger partial charge in [-0.1, -0.05) is 13.0 Å². The van der Waals surface area contributed by atoms with E-state index >= 15 is 0 Å². The Morgan fingerprint density at radius 1 is 1.25 bits per heavy atom. The first-order chi connectivity index (χ1) is 9.85. The van der Waals surface area contributed by atoms with Crippen LogP contribution in [0.15, 0.2) is 18.2 Å². The molecule has 2 heterocycles. The van der Waals surface area contributed by atoms with Crippen molar-refractivity contribution in [2.24, 2.45) is 5.92 Å². The lowest BCUT2D eigenvalue weighted by Crippen LogP contribution is -2.26. The Bertz CT molecular complexity index is 450. The van der Waals surface area contributed by atoms with Crippen LogP contribution in [-0.2, 0) is 6.54 Å². The van der Waals surface area contributed by atoms with Gasteiger partial charge in [-0.15, -0.1) is 0 Å². The SMILES string of the molecule is CCN1CC[C@H](CNCc2ccc3c(c2)OCCO3)C1. The van der Waals surface area contributed by atoms with Gasteiger partial charge in [0.05, 0.1) is 0 Å². The molecule has 0 radical (unpaired) electrons. The molecule has 0 unspecified atom stereocenters. The summed E-state index contributed by atoms with van der Waals surface area (Å²) in [5.41, 5.74) is 1.26. The van der Waals surface area contributed by atoms with E-state index in [1.807, 2.05) is 6.07 Å². The fraction of sp³-hybridized carbons (Fsp3) is 0.625. The normalized spacial score (nSPS) is 22.1. The van der Waals surface area contributed by atoms with Crippen molar-refractivity contribution in [1.82, 2.24) is 10.2 Å². The maximum atomic E-state index is 5.61. The second-order valence-electron chi connectivity index (χ2n) is 5.66. The Morgan fingerprint density at radius 2 is 2.10 bits per heavy atom. The van der Waals surface area contributed by atoms with Gasteiger partial charge in [-0.3, -0.25) is 0 Å². The largest absolute Gasteiger partial charge is 0.486 e. The smallest absolute Gasteiger partial charge is 0.161 e. The van der Waals surface area contributed by atoms with Crippen molar-refractivity contribution in [2.45, 2.75) is 19.9 Å². The number of nitrogens with zero attached hydrogens (tertiary/aromatic N) is 1. The zero-order valence-electron chi connectivity index (χ0n) is 12.2. The molecular weight excluding hydrogens is 252 g/mol. The van der Waals surface area contributed by atoms with Gasteiger partial charge in [0.25, 0.3) is 0 Å². The van der Waals surface area contributed by atoms with Crippen LogP contribution in [0.1, 0.15) is 18.9 Å². The first kappa shape index (κ1) is 13.7. The van der Waals surface area contributed by atoms with Crippen molar-refractivity contribution >= 4 is 0 Å². The molecule has 0 amide bonds. The predicted molar refractivity (Wildman–Crippen MR) is 79.4 cm³/mol. The van der Waals surface area contributed by atoms with Crippen LogP contribution in [-0.4, -0.2) is 44.3 Å². The Kier molecular flexibility index (Phi) is 4.43. The van der Waals surface area contributed by atoms with Gasteiger partial charge in [0.15, 0.2) is 11.5 Å². The number of hydrogen-bond donors (Lipinski definition) is 1. The molecule has 0 bridgehead atoms. The van der Waals surface area contributed by atoms with Crippen LogP contribution in [0.5, 0.6) is 11.5 Å². The topological polar surface area (TPSA) is 33.7 Å². The summed E-state index contributed by atoms with van der Waals surface area (Å²) in [7, 11) is 0. The summed E-state index contributed by atoms with van der Waals surface area (Å²) in [4.78, 5) is 2.52. The summed E-state index contributed by atoms with van der Waals surface area (Å²) in [5.74, 6) is 2.55. The standard InChI is InChI=1S/C16H24N2O2/c1-2-18-6-5-14(12-18)11-17-10-13-3-4-15-16(9-13)20-8-7-19-15/h3-4,9,14,17H,2,5-8,10-12H2,1H3/t14-/m1/s1. The molecule has 110 valence electrons. The molecule has 0 spiro atoms. The summed E-state index contributed by atoms with van der Waals surface area (Å²) in [6.07, 6.45) is 1.32. The molecule has 20 heavy (non-hydrogen) atoms. The first-order valence-corrected chi connectivity index (χ1v) is 7.66. The summed E-state index contributed by atoms with van der Waals surface area (Å²) in [6, 6.07) is 6.22. The molecule has 0 aliphatic carbocycles. The molecule has 1 N–H and O–H groups in total. The van der Waals surface area contributed by atoms with Crippen molar-refractivity contribution in [3.8, 4) is 11.5 Å². The number of hydrogen-bond acceptors (Lipinski definition) is 4. The van der Waals surface area contributed by atoms with Crippen LogP contribution in [0.25, 0.3) is 0 Å². The third kappa shape index (κ3) is 3.25. The second kappa shape index (κ2) is 6.46. The molecule has 4 nitrogen and oxygen atoms in total. The van der Waals surface area contributed by atoms with Crippen LogP contribution < -0.4 is 14.8 Å². The monoisotopic (exact) mass is 276 g/mol. The lowest BCUT2D eigenvalue weighted by atomic mass is 10.1. The van der Waals surface area contributed by atoms with E-state index in [0.29, 0.717) is 13.2 Å². The van der Waals surface area contributed by atoms with E-state index in [-0.39, 0.29) is 0 Å². The van der Waals surface area contributed by atoms with Crippen LogP contribution >= 0.6 is 0 Å². The van der Waals surface area contributed by atoms with E-state index < -0.39 is 0 Å². The van der Waals surface area contributed by atoms with Gasteiger partial charge >= 0.3 is 0 Å². The van der Waals surface area contributed by atoms with Gasteiger partial charge in [-0.2, -0.15) is 0 Å². The molecule has 0 aromatic heterocycles. The molecule has 1 fully saturated rings. The lowest BCUT2D eigenvalue weighted by molar-refractivity contribution is 0.171. The maximum absolute atomic E-state index is 5.61. The minimum absolute atomic E-state index is 0.652. The second-order valence-corrected chi connectivity index (χ2v) is 5.66. The van der Waals surface area contributed by atoms with E-state index in [2.05, 4.69) is 29.3 Å². The zero-order chi connectivity index (χ0) is 13.8. The van der Waals surface area contributed by atoms with Crippen molar-refractivity contribution in [3.63, 3.8) is 0 Å². The highest BCUT2D eigenvalue weighted by Crippen LogP contribution is 2.30. The summed E-state index contributed by atoms with van der Waals surface area (Å²) >= 11 is 0. The lowest BCUT2D eigenvalue weighted by Gasteiger charge is -2.19. The van der Waals surface area contributed by atoms with Gasteiger partial charge in [0.2, 0.25) is 0 Å². The fourth-order valence-corrected chi connectivity index (χ4v) is 2.99. The summed E-state index contributed by atoms with van der Waals surface area (Å²) in [6.45, 7) is 9.23. The average Bonchev–Trinajstić information content (AvgIpc) is 2.95. The van der Waals surface area contributed by atoms with Gasteiger partial charge in [0.1, 0.15) is 13.2 Å². The molecule has 1 aromatic carbocycles. The van der Waals surface area contributed by atoms with Gasteiger partial charge in [0, 0.05) is 13.1 Å². The van der Waals surface area contributed by atoms with Crippen LogP contribution in [0.3, 0.4) is 0 Å². The van der Waals surface area contributed by atoms with Crippen molar-refractivity contribution in [3.05, 3.63) is 23.8 Å². The Labute approximate surface area is 121 Å². The predicted octanol–water partition coefficient (Wildman–Crippen LogP) is 1.89. The number of nitrogens with one attached hydrogen (secondary N) is 1. The zero-order valence-corrected chi connectivity index (χ0v) is 12.2. The van der Waals surface area contributed by atoms with Crippen molar-refractivity contribution in [1.29, 1.82) is 0 Å². The molecule has 4 heteroatoms. The molecule has 2 aliphatic heterocycles. The number of benzene rings is 1. The highest BCUT2D eigenvalue weighted by Gasteiger charge is 2.20. The van der Waals surface area contributed by atoms with Crippen LogP contribution in [0.4, 0.5) is 0 Å². The van der Waals surface area contributed by atoms with Crippen LogP contribution in [0.2, 0.25) is 0 Å².